The van der Waals surface area contributed by atoms with Crippen LogP contribution >= 0.6 is 11.6 Å². The Balaban J connectivity index is 1.68. The van der Waals surface area contributed by atoms with Crippen molar-refractivity contribution in [3.8, 4) is 0 Å². The van der Waals surface area contributed by atoms with Crippen LogP contribution in [0.1, 0.15) is 40.2 Å². The molecule has 0 radical (unpaired) electrons. The summed E-state index contributed by atoms with van der Waals surface area (Å²) in [5.41, 5.74) is 2.69. The number of benzene rings is 1. The van der Waals surface area contributed by atoms with Gasteiger partial charge in [-0.05, 0) is 61.1 Å². The van der Waals surface area contributed by atoms with Gasteiger partial charge in [0.25, 0.3) is 11.5 Å². The van der Waals surface area contributed by atoms with E-state index >= 15 is 0 Å². The van der Waals surface area contributed by atoms with Crippen molar-refractivity contribution in [2.24, 2.45) is 7.05 Å². The number of nitrogens with zero attached hydrogens (tertiary/aromatic N) is 2. The first-order valence-corrected chi connectivity index (χ1v) is 8.55. The SMILES string of the molecule is Cc1cc(C(=O)N2CCC(c3ccn(C)c(=O)c3)CC2)ccc1Cl. The number of carbonyl (C=O) groups is 1. The molecule has 1 saturated heterocycles. The van der Waals surface area contributed by atoms with Crippen molar-refractivity contribution in [1.29, 1.82) is 0 Å². The molecule has 5 heteroatoms. The summed E-state index contributed by atoms with van der Waals surface area (Å²) in [5.74, 6) is 0.395. The highest BCUT2D eigenvalue weighted by Gasteiger charge is 2.25. The van der Waals surface area contributed by atoms with Gasteiger partial charge in [-0.3, -0.25) is 9.59 Å². The zero-order valence-corrected chi connectivity index (χ0v) is 14.7. The largest absolute Gasteiger partial charge is 0.339 e. The van der Waals surface area contributed by atoms with Gasteiger partial charge in [-0.2, -0.15) is 0 Å². The van der Waals surface area contributed by atoms with Crippen LogP contribution in [0.2, 0.25) is 5.02 Å². The van der Waals surface area contributed by atoms with Crippen molar-refractivity contribution in [2.45, 2.75) is 25.7 Å². The molecule has 2 aromatic rings. The third-order valence-electron chi connectivity index (χ3n) is 4.79. The highest BCUT2D eigenvalue weighted by molar-refractivity contribution is 6.31. The second kappa shape index (κ2) is 6.81. The van der Waals surface area contributed by atoms with Gasteiger partial charge in [-0.15, -0.1) is 0 Å². The highest BCUT2D eigenvalue weighted by atomic mass is 35.5. The number of halogens is 1. The van der Waals surface area contributed by atoms with Crippen LogP contribution in [0.5, 0.6) is 0 Å². The molecule has 0 saturated carbocycles. The molecule has 1 amide bonds. The molecule has 1 aromatic carbocycles. The normalized spacial score (nSPS) is 15.5. The van der Waals surface area contributed by atoms with Crippen LogP contribution in [0, 0.1) is 6.92 Å². The molecule has 0 spiro atoms. The van der Waals surface area contributed by atoms with Gasteiger partial charge in [0.05, 0.1) is 0 Å². The summed E-state index contributed by atoms with van der Waals surface area (Å²) in [6.45, 7) is 3.32. The predicted molar refractivity (Wildman–Crippen MR) is 95.8 cm³/mol. The lowest BCUT2D eigenvalue weighted by molar-refractivity contribution is 0.0713. The molecule has 0 atom stereocenters. The van der Waals surface area contributed by atoms with E-state index in [1.54, 1.807) is 29.8 Å². The van der Waals surface area contributed by atoms with Crippen molar-refractivity contribution in [3.05, 3.63) is 68.6 Å². The first-order valence-electron chi connectivity index (χ1n) is 8.17. The maximum absolute atomic E-state index is 12.6. The standard InChI is InChI=1S/C19H21ClN2O2/c1-13-11-16(3-4-17(13)20)19(24)22-9-6-14(7-10-22)15-5-8-21(2)18(23)12-15/h3-5,8,11-12,14H,6-7,9-10H2,1-2H3. The third kappa shape index (κ3) is 3.39. The second-order valence-corrected chi connectivity index (χ2v) is 6.85. The van der Waals surface area contributed by atoms with Crippen LogP contribution in [0.25, 0.3) is 0 Å². The Hall–Kier alpha value is -2.07. The fourth-order valence-corrected chi connectivity index (χ4v) is 3.31. The van der Waals surface area contributed by atoms with Gasteiger partial charge in [0.2, 0.25) is 0 Å². The maximum Gasteiger partial charge on any atom is 0.253 e. The summed E-state index contributed by atoms with van der Waals surface area (Å²) >= 11 is 6.03. The number of hydrogen-bond acceptors (Lipinski definition) is 2. The topological polar surface area (TPSA) is 42.3 Å². The molecule has 3 rings (SSSR count). The van der Waals surface area contributed by atoms with Crippen LogP contribution in [-0.4, -0.2) is 28.5 Å². The van der Waals surface area contributed by atoms with Crippen molar-refractivity contribution >= 4 is 17.5 Å². The molecular formula is C19H21ClN2O2. The van der Waals surface area contributed by atoms with Gasteiger partial charge < -0.3 is 9.47 Å². The van der Waals surface area contributed by atoms with E-state index in [-0.39, 0.29) is 11.5 Å². The van der Waals surface area contributed by atoms with Crippen LogP contribution in [-0.2, 0) is 7.05 Å². The zero-order valence-electron chi connectivity index (χ0n) is 14.0. The van der Waals surface area contributed by atoms with Gasteiger partial charge in [0.15, 0.2) is 0 Å². The molecular weight excluding hydrogens is 324 g/mol. The number of hydrogen-bond donors (Lipinski definition) is 0. The molecule has 24 heavy (non-hydrogen) atoms. The summed E-state index contributed by atoms with van der Waals surface area (Å²) in [6, 6.07) is 9.12. The maximum atomic E-state index is 12.6. The molecule has 4 nitrogen and oxygen atoms in total. The number of rotatable bonds is 2. The average Bonchev–Trinajstić information content (AvgIpc) is 2.59. The van der Waals surface area contributed by atoms with Crippen LogP contribution < -0.4 is 5.56 Å². The molecule has 2 heterocycles. The predicted octanol–water partition coefficient (Wildman–Crippen LogP) is 3.37. The van der Waals surface area contributed by atoms with E-state index < -0.39 is 0 Å². The molecule has 1 aromatic heterocycles. The molecule has 0 aliphatic carbocycles. The van der Waals surface area contributed by atoms with Crippen molar-refractivity contribution in [2.75, 3.05) is 13.1 Å². The van der Waals surface area contributed by atoms with Crippen molar-refractivity contribution in [3.63, 3.8) is 0 Å². The Kier molecular flexibility index (Phi) is 4.76. The lowest BCUT2D eigenvalue weighted by Crippen LogP contribution is -2.38. The lowest BCUT2D eigenvalue weighted by Gasteiger charge is -2.32. The molecule has 1 fully saturated rings. The van der Waals surface area contributed by atoms with Crippen molar-refractivity contribution < 1.29 is 4.79 Å². The third-order valence-corrected chi connectivity index (χ3v) is 5.21. The smallest absolute Gasteiger partial charge is 0.253 e. The Labute approximate surface area is 146 Å². The summed E-state index contributed by atoms with van der Waals surface area (Å²) in [4.78, 5) is 26.3. The average molecular weight is 345 g/mol. The quantitative estimate of drug-likeness (QED) is 0.838. The number of carbonyl (C=O) groups excluding carboxylic acids is 1. The number of aryl methyl sites for hydroxylation is 2. The zero-order chi connectivity index (χ0) is 17.3. The number of piperidine rings is 1. The minimum atomic E-state index is 0.0163. The van der Waals surface area contributed by atoms with E-state index in [1.807, 2.05) is 30.2 Å². The van der Waals surface area contributed by atoms with E-state index in [4.69, 9.17) is 11.6 Å². The van der Waals surface area contributed by atoms with E-state index in [1.165, 1.54) is 0 Å². The van der Waals surface area contributed by atoms with E-state index in [2.05, 4.69) is 0 Å². The monoisotopic (exact) mass is 344 g/mol. The van der Waals surface area contributed by atoms with E-state index in [9.17, 15) is 9.59 Å². The summed E-state index contributed by atoms with van der Waals surface area (Å²) in [7, 11) is 1.75. The van der Waals surface area contributed by atoms with Crippen molar-refractivity contribution in [1.82, 2.24) is 9.47 Å². The van der Waals surface area contributed by atoms with Gasteiger partial charge in [0, 0.05) is 43.0 Å². The number of amides is 1. The Morgan fingerprint density at radius 2 is 1.88 bits per heavy atom. The Bertz CT molecular complexity index is 820. The van der Waals surface area contributed by atoms with Crippen LogP contribution in [0.15, 0.2) is 41.3 Å². The van der Waals surface area contributed by atoms with Crippen LogP contribution in [0.3, 0.4) is 0 Å². The Morgan fingerprint density at radius 1 is 1.17 bits per heavy atom. The molecule has 0 bridgehead atoms. The minimum Gasteiger partial charge on any atom is -0.339 e. The number of likely N-dealkylation sites (tertiary alicyclic amines) is 1. The minimum absolute atomic E-state index is 0.0163. The second-order valence-electron chi connectivity index (χ2n) is 6.44. The van der Waals surface area contributed by atoms with Gasteiger partial charge >= 0.3 is 0 Å². The van der Waals surface area contributed by atoms with Crippen LogP contribution in [0.4, 0.5) is 0 Å². The summed E-state index contributed by atoms with van der Waals surface area (Å²) < 4.78 is 1.57. The molecule has 1 aliphatic heterocycles. The fraction of sp³-hybridized carbons (Fsp3) is 0.368. The number of aromatic nitrogens is 1. The van der Waals surface area contributed by atoms with Gasteiger partial charge in [0.1, 0.15) is 0 Å². The highest BCUT2D eigenvalue weighted by Crippen LogP contribution is 2.28. The summed E-state index contributed by atoms with van der Waals surface area (Å²) in [5, 5.41) is 0.677. The van der Waals surface area contributed by atoms with E-state index in [0.717, 1.165) is 24.0 Å². The summed E-state index contributed by atoms with van der Waals surface area (Å²) in [6.07, 6.45) is 3.57. The molecule has 0 unspecified atom stereocenters. The van der Waals surface area contributed by atoms with E-state index in [0.29, 0.717) is 29.6 Å². The fourth-order valence-electron chi connectivity index (χ4n) is 3.19. The first kappa shape index (κ1) is 16.8. The van der Waals surface area contributed by atoms with Gasteiger partial charge in [-0.25, -0.2) is 0 Å². The molecule has 126 valence electrons. The Morgan fingerprint density at radius 3 is 2.50 bits per heavy atom. The first-order chi connectivity index (χ1) is 11.5. The molecule has 1 aliphatic rings. The van der Waals surface area contributed by atoms with Gasteiger partial charge in [-0.1, -0.05) is 11.6 Å². The number of pyridine rings is 1. The lowest BCUT2D eigenvalue weighted by atomic mass is 9.90. The molecule has 0 N–H and O–H groups in total.